The summed E-state index contributed by atoms with van der Waals surface area (Å²) in [5, 5.41) is 0. The number of amides is 1. The maximum absolute atomic E-state index is 12.3. The summed E-state index contributed by atoms with van der Waals surface area (Å²) in [7, 11) is -2.01. The first-order chi connectivity index (χ1) is 10.9. The number of hydrogen-bond acceptors (Lipinski definition) is 4. The van der Waals surface area contributed by atoms with Crippen molar-refractivity contribution in [1.82, 2.24) is 9.62 Å². The van der Waals surface area contributed by atoms with Crippen molar-refractivity contribution < 1.29 is 17.9 Å². The summed E-state index contributed by atoms with van der Waals surface area (Å²) in [5.74, 6) is 0.0865. The van der Waals surface area contributed by atoms with E-state index in [-0.39, 0.29) is 23.3 Å². The van der Waals surface area contributed by atoms with E-state index in [2.05, 4.69) is 4.72 Å². The molecule has 23 heavy (non-hydrogen) atoms. The molecular formula is C16H24N2O4S. The van der Waals surface area contributed by atoms with E-state index >= 15 is 0 Å². The highest BCUT2D eigenvalue weighted by molar-refractivity contribution is 7.89. The number of nitrogens with one attached hydrogen (secondary N) is 1. The average Bonchev–Trinajstić information content (AvgIpc) is 2.54. The predicted octanol–water partition coefficient (Wildman–Crippen LogP) is 1.16. The van der Waals surface area contributed by atoms with E-state index in [1.54, 1.807) is 29.2 Å². The van der Waals surface area contributed by atoms with Gasteiger partial charge in [-0.2, -0.15) is 0 Å². The summed E-state index contributed by atoms with van der Waals surface area (Å²) in [6.07, 6.45) is 1.79. The highest BCUT2D eigenvalue weighted by atomic mass is 32.2. The minimum Gasteiger partial charge on any atom is -0.375 e. The van der Waals surface area contributed by atoms with Crippen LogP contribution in [0.4, 0.5) is 0 Å². The molecule has 1 N–H and O–H groups in total. The second-order valence-corrected chi connectivity index (χ2v) is 7.71. The Morgan fingerprint density at radius 2 is 2.04 bits per heavy atom. The van der Waals surface area contributed by atoms with Crippen molar-refractivity contribution in [3.05, 3.63) is 29.8 Å². The molecule has 1 amide bonds. The Morgan fingerprint density at radius 3 is 2.70 bits per heavy atom. The number of carbonyl (C=O) groups is 1. The van der Waals surface area contributed by atoms with E-state index in [9.17, 15) is 13.2 Å². The monoisotopic (exact) mass is 340 g/mol. The Hall–Kier alpha value is -1.44. The fraction of sp³-hybridized carbons (Fsp3) is 0.562. The van der Waals surface area contributed by atoms with Gasteiger partial charge in [0, 0.05) is 26.7 Å². The van der Waals surface area contributed by atoms with Gasteiger partial charge in [0.25, 0.3) is 0 Å². The van der Waals surface area contributed by atoms with Crippen molar-refractivity contribution >= 4 is 15.9 Å². The van der Waals surface area contributed by atoms with E-state index in [1.165, 1.54) is 7.11 Å². The standard InChI is InChI=1S/C16H24N2O4S/c1-13-5-7-15(8-6-13)23(20,21)17-10-14-4-3-9-18(11-14)16(19)12-22-2/h5-8,14,17H,3-4,9-12H2,1-2H3/t14-/m1/s1. The quantitative estimate of drug-likeness (QED) is 0.843. The molecule has 1 aliphatic heterocycles. The van der Waals surface area contributed by atoms with Crippen molar-refractivity contribution in [3.8, 4) is 0 Å². The molecule has 1 fully saturated rings. The van der Waals surface area contributed by atoms with E-state index in [1.807, 2.05) is 6.92 Å². The SMILES string of the molecule is COCC(=O)N1CCC[C@H](CNS(=O)(=O)c2ccc(C)cc2)C1. The third kappa shape index (κ3) is 5.02. The minimum atomic E-state index is -3.50. The fourth-order valence-corrected chi connectivity index (χ4v) is 3.82. The first-order valence-electron chi connectivity index (χ1n) is 7.75. The molecule has 1 atom stereocenters. The highest BCUT2D eigenvalue weighted by Gasteiger charge is 2.25. The van der Waals surface area contributed by atoms with Crippen LogP contribution in [0.1, 0.15) is 18.4 Å². The van der Waals surface area contributed by atoms with Gasteiger partial charge in [-0.3, -0.25) is 4.79 Å². The van der Waals surface area contributed by atoms with Crippen LogP contribution in [0.5, 0.6) is 0 Å². The number of rotatable bonds is 6. The molecule has 0 saturated carbocycles. The number of piperidine rings is 1. The fourth-order valence-electron chi connectivity index (χ4n) is 2.70. The number of aryl methyl sites for hydroxylation is 1. The third-order valence-corrected chi connectivity index (χ3v) is 5.47. The lowest BCUT2D eigenvalue weighted by Crippen LogP contribution is -2.44. The maximum Gasteiger partial charge on any atom is 0.248 e. The van der Waals surface area contributed by atoms with Crippen LogP contribution in [-0.2, 0) is 19.6 Å². The highest BCUT2D eigenvalue weighted by Crippen LogP contribution is 2.17. The zero-order valence-corrected chi connectivity index (χ0v) is 14.4. The van der Waals surface area contributed by atoms with Gasteiger partial charge in [-0.25, -0.2) is 13.1 Å². The molecule has 0 radical (unpaired) electrons. The van der Waals surface area contributed by atoms with Crippen molar-refractivity contribution in [2.24, 2.45) is 5.92 Å². The Bertz CT molecular complexity index is 628. The molecule has 2 rings (SSSR count). The van der Waals surface area contributed by atoms with Crippen LogP contribution in [-0.4, -0.2) is 52.6 Å². The molecule has 1 heterocycles. The van der Waals surface area contributed by atoms with E-state index in [0.717, 1.165) is 18.4 Å². The molecular weight excluding hydrogens is 316 g/mol. The van der Waals surface area contributed by atoms with E-state index < -0.39 is 10.0 Å². The van der Waals surface area contributed by atoms with Crippen LogP contribution >= 0.6 is 0 Å². The van der Waals surface area contributed by atoms with Gasteiger partial charge in [-0.15, -0.1) is 0 Å². The zero-order chi connectivity index (χ0) is 16.9. The van der Waals surface area contributed by atoms with Gasteiger partial charge < -0.3 is 9.64 Å². The Balaban J connectivity index is 1.92. The number of ether oxygens (including phenoxy) is 1. The molecule has 1 aliphatic rings. The van der Waals surface area contributed by atoms with E-state index in [0.29, 0.717) is 19.6 Å². The summed E-state index contributed by atoms with van der Waals surface area (Å²) < 4.78 is 32.1. The molecule has 1 aromatic carbocycles. The molecule has 0 aromatic heterocycles. The number of likely N-dealkylation sites (tertiary alicyclic amines) is 1. The molecule has 128 valence electrons. The van der Waals surface area contributed by atoms with Crippen molar-refractivity contribution in [2.75, 3.05) is 33.4 Å². The number of hydrogen-bond donors (Lipinski definition) is 1. The average molecular weight is 340 g/mol. The molecule has 7 heteroatoms. The van der Waals surface area contributed by atoms with Crippen LogP contribution in [0.2, 0.25) is 0 Å². The van der Waals surface area contributed by atoms with Gasteiger partial charge in [0.05, 0.1) is 4.90 Å². The number of sulfonamides is 1. The molecule has 0 spiro atoms. The van der Waals surface area contributed by atoms with Crippen molar-refractivity contribution in [3.63, 3.8) is 0 Å². The zero-order valence-electron chi connectivity index (χ0n) is 13.6. The largest absolute Gasteiger partial charge is 0.375 e. The molecule has 0 unspecified atom stereocenters. The van der Waals surface area contributed by atoms with Crippen LogP contribution in [0, 0.1) is 12.8 Å². The molecule has 1 saturated heterocycles. The van der Waals surface area contributed by atoms with Crippen LogP contribution < -0.4 is 4.72 Å². The van der Waals surface area contributed by atoms with Gasteiger partial charge >= 0.3 is 0 Å². The van der Waals surface area contributed by atoms with Crippen LogP contribution in [0.15, 0.2) is 29.2 Å². The molecule has 6 nitrogen and oxygen atoms in total. The summed E-state index contributed by atoms with van der Waals surface area (Å²) in [4.78, 5) is 13.9. The lowest BCUT2D eigenvalue weighted by molar-refractivity contribution is -0.136. The normalized spacial score (nSPS) is 18.9. The van der Waals surface area contributed by atoms with Gasteiger partial charge in [0.1, 0.15) is 6.61 Å². The first-order valence-corrected chi connectivity index (χ1v) is 9.24. The Morgan fingerprint density at radius 1 is 1.35 bits per heavy atom. The van der Waals surface area contributed by atoms with Gasteiger partial charge in [0.2, 0.25) is 15.9 Å². The molecule has 0 bridgehead atoms. The second kappa shape index (κ2) is 7.90. The molecule has 1 aromatic rings. The number of nitrogens with zero attached hydrogens (tertiary/aromatic N) is 1. The van der Waals surface area contributed by atoms with Gasteiger partial charge in [0.15, 0.2) is 0 Å². The van der Waals surface area contributed by atoms with Crippen LogP contribution in [0.3, 0.4) is 0 Å². The lowest BCUT2D eigenvalue weighted by atomic mass is 9.98. The van der Waals surface area contributed by atoms with E-state index in [4.69, 9.17) is 4.74 Å². The van der Waals surface area contributed by atoms with Gasteiger partial charge in [-0.1, -0.05) is 17.7 Å². The predicted molar refractivity (Wildman–Crippen MR) is 87.5 cm³/mol. The van der Waals surface area contributed by atoms with Crippen molar-refractivity contribution in [2.45, 2.75) is 24.7 Å². The first kappa shape index (κ1) is 17.9. The Labute approximate surface area is 137 Å². The number of carbonyl (C=O) groups excluding carboxylic acids is 1. The smallest absolute Gasteiger partial charge is 0.248 e. The molecule has 0 aliphatic carbocycles. The number of benzene rings is 1. The summed E-state index contributed by atoms with van der Waals surface area (Å²) >= 11 is 0. The Kier molecular flexibility index (Phi) is 6.15. The third-order valence-electron chi connectivity index (χ3n) is 4.03. The minimum absolute atomic E-state index is 0.0430. The maximum atomic E-state index is 12.3. The summed E-state index contributed by atoms with van der Waals surface area (Å²) in [6, 6.07) is 6.76. The summed E-state index contributed by atoms with van der Waals surface area (Å²) in [6.45, 7) is 3.61. The second-order valence-electron chi connectivity index (χ2n) is 5.95. The number of methoxy groups -OCH3 is 1. The van der Waals surface area contributed by atoms with Crippen molar-refractivity contribution in [1.29, 1.82) is 0 Å². The summed E-state index contributed by atoms with van der Waals surface area (Å²) in [5.41, 5.74) is 1.02. The topological polar surface area (TPSA) is 75.7 Å². The van der Waals surface area contributed by atoms with Gasteiger partial charge in [-0.05, 0) is 37.8 Å². The van der Waals surface area contributed by atoms with Crippen LogP contribution in [0.25, 0.3) is 0 Å². The lowest BCUT2D eigenvalue weighted by Gasteiger charge is -2.32.